The topological polar surface area (TPSA) is 38.7 Å². The van der Waals surface area contributed by atoms with Crippen LogP contribution < -0.4 is 0 Å². The summed E-state index contributed by atoms with van der Waals surface area (Å²) in [6.07, 6.45) is 9.14. The van der Waals surface area contributed by atoms with Gasteiger partial charge in [-0.15, -0.1) is 0 Å². The molecular weight excluding hydrogens is 393 g/mol. The van der Waals surface area contributed by atoms with Crippen LogP contribution in [0.3, 0.4) is 0 Å². The van der Waals surface area contributed by atoms with Crippen molar-refractivity contribution >= 4 is 0 Å². The maximum Gasteiger partial charge on any atom is 0.280 e. The molecule has 0 radical (unpaired) electrons. The summed E-state index contributed by atoms with van der Waals surface area (Å²) >= 11 is 0. The quantitative estimate of drug-likeness (QED) is 0.383. The molecule has 3 rings (SSSR count). The van der Waals surface area contributed by atoms with Gasteiger partial charge in [-0.25, -0.2) is 13.2 Å². The number of hydrogen-bond acceptors (Lipinski definition) is 3. The van der Waals surface area contributed by atoms with E-state index in [1.54, 1.807) is 0 Å². The molecule has 0 bridgehead atoms. The van der Waals surface area contributed by atoms with E-state index in [2.05, 4.69) is 13.8 Å². The maximum atomic E-state index is 13.5. The minimum Gasteiger partial charge on any atom is -0.343 e. The average Bonchev–Trinajstić information content (AvgIpc) is 2.73. The first-order valence-electron chi connectivity index (χ1n) is 11.4. The fourth-order valence-electron chi connectivity index (χ4n) is 4.73. The number of ether oxygens (including phenoxy) is 2. The first-order valence-corrected chi connectivity index (χ1v) is 11.4. The van der Waals surface area contributed by atoms with Gasteiger partial charge in [-0.05, 0) is 68.1 Å². The second kappa shape index (κ2) is 10.0. The summed E-state index contributed by atoms with van der Waals surface area (Å²) in [7, 11) is 0. The van der Waals surface area contributed by atoms with Crippen LogP contribution in [-0.4, -0.2) is 24.3 Å². The SMILES string of the molecule is CCCCCC1(C)COC(O)(CCC2CCC(c3cc(F)c(F)c(F)c3)CC2)OC1. The zero-order valence-corrected chi connectivity index (χ0v) is 18.2. The van der Waals surface area contributed by atoms with E-state index in [4.69, 9.17) is 9.47 Å². The van der Waals surface area contributed by atoms with Gasteiger partial charge in [-0.2, -0.15) is 0 Å². The Morgan fingerprint density at radius 3 is 2.13 bits per heavy atom. The van der Waals surface area contributed by atoms with Crippen LogP contribution in [0.5, 0.6) is 0 Å². The van der Waals surface area contributed by atoms with Gasteiger partial charge >= 0.3 is 0 Å². The highest BCUT2D eigenvalue weighted by Crippen LogP contribution is 2.40. The molecule has 1 aliphatic carbocycles. The second-order valence-corrected chi connectivity index (χ2v) is 9.61. The van der Waals surface area contributed by atoms with Crippen LogP contribution in [0.25, 0.3) is 0 Å². The van der Waals surface area contributed by atoms with Crippen LogP contribution in [0.15, 0.2) is 12.1 Å². The lowest BCUT2D eigenvalue weighted by atomic mass is 9.77. The third kappa shape index (κ3) is 5.98. The minimum absolute atomic E-state index is 0.0416. The number of rotatable bonds is 8. The van der Waals surface area contributed by atoms with Crippen LogP contribution in [-0.2, 0) is 9.47 Å². The van der Waals surface area contributed by atoms with Crippen molar-refractivity contribution in [2.24, 2.45) is 11.3 Å². The van der Waals surface area contributed by atoms with E-state index in [-0.39, 0.29) is 11.3 Å². The lowest BCUT2D eigenvalue weighted by molar-refractivity contribution is -0.406. The molecule has 0 atom stereocenters. The monoisotopic (exact) mass is 428 g/mol. The molecule has 2 fully saturated rings. The standard InChI is InChI=1S/C24H35F3O3/c1-3-4-5-11-23(2)15-29-24(28,30-16-23)12-10-17-6-8-18(9-7-17)19-13-20(25)22(27)21(26)14-19/h13-14,17-18,28H,3-12,15-16H2,1-2H3. The Morgan fingerprint density at radius 2 is 1.57 bits per heavy atom. The molecule has 30 heavy (non-hydrogen) atoms. The number of benzene rings is 1. The van der Waals surface area contributed by atoms with Crippen molar-refractivity contribution in [3.05, 3.63) is 35.1 Å². The van der Waals surface area contributed by atoms with Crippen LogP contribution in [0, 0.1) is 28.8 Å². The predicted octanol–water partition coefficient (Wildman–Crippen LogP) is 6.44. The Labute approximate surface area is 178 Å². The Bertz CT molecular complexity index is 670. The summed E-state index contributed by atoms with van der Waals surface area (Å²) in [5, 5.41) is 10.7. The second-order valence-electron chi connectivity index (χ2n) is 9.61. The fraction of sp³-hybridized carbons (Fsp3) is 0.750. The molecule has 1 aromatic carbocycles. The number of unbranched alkanes of at least 4 members (excludes halogenated alkanes) is 2. The van der Waals surface area contributed by atoms with Gasteiger partial charge in [0, 0.05) is 11.8 Å². The fourth-order valence-corrected chi connectivity index (χ4v) is 4.73. The van der Waals surface area contributed by atoms with Crippen molar-refractivity contribution in [3.63, 3.8) is 0 Å². The van der Waals surface area contributed by atoms with E-state index in [0.717, 1.165) is 57.1 Å². The van der Waals surface area contributed by atoms with E-state index in [9.17, 15) is 18.3 Å². The van der Waals surface area contributed by atoms with Crippen LogP contribution in [0.1, 0.15) is 89.5 Å². The molecule has 3 nitrogen and oxygen atoms in total. The maximum absolute atomic E-state index is 13.5. The molecule has 0 unspecified atom stereocenters. The summed E-state index contributed by atoms with van der Waals surface area (Å²) < 4.78 is 51.7. The lowest BCUT2D eigenvalue weighted by Crippen LogP contribution is -2.48. The Morgan fingerprint density at radius 1 is 0.967 bits per heavy atom. The van der Waals surface area contributed by atoms with Crippen molar-refractivity contribution in [2.75, 3.05) is 13.2 Å². The summed E-state index contributed by atoms with van der Waals surface area (Å²) in [5.74, 6) is -4.71. The van der Waals surface area contributed by atoms with Crippen molar-refractivity contribution in [1.29, 1.82) is 0 Å². The summed E-state index contributed by atoms with van der Waals surface area (Å²) in [5.41, 5.74) is 0.490. The molecule has 0 aromatic heterocycles. The molecule has 170 valence electrons. The average molecular weight is 429 g/mol. The van der Waals surface area contributed by atoms with E-state index >= 15 is 0 Å². The van der Waals surface area contributed by atoms with Crippen molar-refractivity contribution in [2.45, 2.75) is 89.9 Å². The van der Waals surface area contributed by atoms with Gasteiger partial charge in [0.15, 0.2) is 17.5 Å². The highest BCUT2D eigenvalue weighted by Gasteiger charge is 2.41. The normalized spacial score (nSPS) is 32.3. The molecule has 1 N–H and O–H groups in total. The third-order valence-electron chi connectivity index (χ3n) is 6.87. The molecule has 0 amide bonds. The van der Waals surface area contributed by atoms with E-state index in [0.29, 0.717) is 31.1 Å². The van der Waals surface area contributed by atoms with E-state index in [1.165, 1.54) is 12.8 Å². The lowest BCUT2D eigenvalue weighted by Gasteiger charge is -2.42. The van der Waals surface area contributed by atoms with Gasteiger partial charge in [0.25, 0.3) is 5.97 Å². The zero-order valence-electron chi connectivity index (χ0n) is 18.2. The van der Waals surface area contributed by atoms with Gasteiger partial charge in [-0.1, -0.05) is 33.1 Å². The van der Waals surface area contributed by atoms with Gasteiger partial charge < -0.3 is 14.6 Å². The van der Waals surface area contributed by atoms with Gasteiger partial charge in [-0.3, -0.25) is 0 Å². The molecular formula is C24H35F3O3. The highest BCUT2D eigenvalue weighted by atomic mass is 19.2. The summed E-state index contributed by atoms with van der Waals surface area (Å²) in [6, 6.07) is 2.24. The van der Waals surface area contributed by atoms with Crippen molar-refractivity contribution in [3.8, 4) is 0 Å². The molecule has 1 heterocycles. The predicted molar refractivity (Wildman–Crippen MR) is 109 cm³/mol. The van der Waals surface area contributed by atoms with Crippen LogP contribution >= 0.6 is 0 Å². The summed E-state index contributed by atoms with van der Waals surface area (Å²) in [6.45, 7) is 5.33. The largest absolute Gasteiger partial charge is 0.343 e. The van der Waals surface area contributed by atoms with Gasteiger partial charge in [0.1, 0.15) is 0 Å². The third-order valence-corrected chi connectivity index (χ3v) is 6.87. The molecule has 0 spiro atoms. The molecule has 1 saturated heterocycles. The first-order chi connectivity index (χ1) is 14.2. The number of hydrogen-bond donors (Lipinski definition) is 1. The molecule has 1 aromatic rings. The molecule has 6 heteroatoms. The van der Waals surface area contributed by atoms with E-state index < -0.39 is 23.4 Å². The van der Waals surface area contributed by atoms with Crippen LogP contribution in [0.4, 0.5) is 13.2 Å². The smallest absolute Gasteiger partial charge is 0.280 e. The van der Waals surface area contributed by atoms with Gasteiger partial charge in [0.2, 0.25) is 0 Å². The zero-order chi connectivity index (χ0) is 21.8. The van der Waals surface area contributed by atoms with Crippen LogP contribution in [0.2, 0.25) is 0 Å². The number of halogens is 3. The Balaban J connectivity index is 1.43. The van der Waals surface area contributed by atoms with Crippen molar-refractivity contribution < 1.29 is 27.8 Å². The number of aliphatic hydroxyl groups is 1. The van der Waals surface area contributed by atoms with Crippen molar-refractivity contribution in [1.82, 2.24) is 0 Å². The minimum atomic E-state index is -1.51. The molecule has 1 saturated carbocycles. The van der Waals surface area contributed by atoms with E-state index in [1.807, 2.05) is 0 Å². The highest BCUT2D eigenvalue weighted by molar-refractivity contribution is 5.23. The first kappa shape index (κ1) is 23.6. The molecule has 1 aliphatic heterocycles. The Hall–Kier alpha value is -1.11. The Kier molecular flexibility index (Phi) is 7.86. The summed E-state index contributed by atoms with van der Waals surface area (Å²) in [4.78, 5) is 0. The van der Waals surface area contributed by atoms with Gasteiger partial charge in [0.05, 0.1) is 13.2 Å². The molecule has 2 aliphatic rings.